The first-order valence-electron chi connectivity index (χ1n) is 37.5. The van der Waals surface area contributed by atoms with Crippen LogP contribution in [0.4, 0.5) is 0 Å². The van der Waals surface area contributed by atoms with E-state index in [9.17, 15) is 10.2 Å². The van der Waals surface area contributed by atoms with Crippen LogP contribution in [-0.4, -0.2) is 36.6 Å². The van der Waals surface area contributed by atoms with E-state index in [0.717, 1.165) is 60.8 Å². The maximum Gasteiger partial charge on any atom is 0.339 e. The van der Waals surface area contributed by atoms with E-state index in [2.05, 4.69) is 102 Å². The number of aryl methyl sites for hydroxylation is 2. The Labute approximate surface area is 544 Å². The highest BCUT2D eigenvalue weighted by Crippen LogP contribution is 2.56. The molecule has 0 unspecified atom stereocenters. The quantitative estimate of drug-likeness (QED) is 0.0504. The van der Waals surface area contributed by atoms with E-state index in [0.29, 0.717) is 37.9 Å². The normalized spacial score (nSPS) is 12.1. The topological polar surface area (TPSA) is 86.6 Å². The van der Waals surface area contributed by atoms with E-state index in [1.807, 2.05) is 12.1 Å². The summed E-state index contributed by atoms with van der Waals surface area (Å²) in [6.45, 7) is 31.2. The second-order valence-corrected chi connectivity index (χ2v) is 30.9. The number of benzene rings is 2. The van der Waals surface area contributed by atoms with Crippen LogP contribution in [0.5, 0.6) is 11.5 Å². The van der Waals surface area contributed by atoms with Crippen LogP contribution in [0, 0.1) is 13.8 Å². The molecule has 2 aromatic carbocycles. The van der Waals surface area contributed by atoms with Gasteiger partial charge in [-0.2, -0.15) is 0 Å². The van der Waals surface area contributed by atoms with Crippen LogP contribution in [-0.2, 0) is 33.2 Å². The summed E-state index contributed by atoms with van der Waals surface area (Å²) >= 11 is 0. The van der Waals surface area contributed by atoms with Gasteiger partial charge in [-0.1, -0.05) is 352 Å². The first-order valence-corrected chi connectivity index (χ1v) is 39.7. The van der Waals surface area contributed by atoms with Crippen molar-refractivity contribution in [1.29, 1.82) is 0 Å². The maximum absolute atomic E-state index is 10.5. The summed E-state index contributed by atoms with van der Waals surface area (Å²) in [4.78, 5) is 0. The molecule has 0 saturated heterocycles. The predicted octanol–water partition coefficient (Wildman–Crippen LogP) is 28.0. The summed E-state index contributed by atoms with van der Waals surface area (Å²) in [5, 5.41) is 21.1. The molecule has 0 atom stereocenters. The largest absolute Gasteiger partial charge is 0.508 e. The van der Waals surface area contributed by atoms with Gasteiger partial charge < -0.3 is 28.3 Å². The fourth-order valence-electron chi connectivity index (χ4n) is 12.0. The summed E-state index contributed by atoms with van der Waals surface area (Å²) in [6, 6.07) is 8.24. The minimum Gasteiger partial charge on any atom is -0.508 e. The molecule has 0 aliphatic rings. The van der Waals surface area contributed by atoms with Gasteiger partial charge in [0.1, 0.15) is 11.5 Å². The van der Waals surface area contributed by atoms with Crippen molar-refractivity contribution in [1.82, 2.24) is 0 Å². The van der Waals surface area contributed by atoms with Gasteiger partial charge >= 0.3 is 17.2 Å². The lowest BCUT2D eigenvalue weighted by Gasteiger charge is -2.29. The Balaban J connectivity index is 0.00000111. The summed E-state index contributed by atoms with van der Waals surface area (Å²) < 4.78 is 31.9. The van der Waals surface area contributed by atoms with Crippen molar-refractivity contribution >= 4 is 17.2 Å². The van der Waals surface area contributed by atoms with Crippen LogP contribution < -0.4 is 0 Å². The number of hydrogen-bond acceptors (Lipinski definition) is 7. The molecule has 0 aliphatic carbocycles. The van der Waals surface area contributed by atoms with Crippen LogP contribution in [0.15, 0.2) is 24.3 Å². The van der Waals surface area contributed by atoms with E-state index in [1.165, 1.54) is 268 Å². The molecule has 0 aromatic heterocycles. The Morgan fingerprint density at radius 1 is 0.310 bits per heavy atom. The Bertz CT molecular complexity index is 1660. The highest BCUT2D eigenvalue weighted by molar-refractivity contribution is 7.55. The van der Waals surface area contributed by atoms with E-state index in [-0.39, 0.29) is 16.7 Å². The van der Waals surface area contributed by atoms with Crippen molar-refractivity contribution < 1.29 is 32.6 Å². The van der Waals surface area contributed by atoms with Crippen molar-refractivity contribution in [3.8, 4) is 11.5 Å². The first kappa shape index (κ1) is 83.7. The summed E-state index contributed by atoms with van der Waals surface area (Å²) in [6.07, 6.45) is 60.8. The molecular weight excluding hydrogens is 1110 g/mol. The van der Waals surface area contributed by atoms with Gasteiger partial charge in [0, 0.05) is 5.92 Å². The Hall–Kier alpha value is -1.30. The van der Waals surface area contributed by atoms with Crippen LogP contribution in [0.1, 0.15) is 411 Å². The molecule has 7 nitrogen and oxygen atoms in total. The standard InChI is InChI=1S/C52H108O5P2.C26H38O2/c1-5-9-13-17-21-25-29-33-37-41-45-49-53-58(54-50-46-42-38-34-30-26-22-18-14-10-6-2)57-59(55-51-47-43-39-35-31-27-23-19-15-11-7-3)56-52-48-44-40-36-32-28-24-20-16-12-8-4;1-10-11-18(19-14-21(25(4,5)6)23(27)12-16(19)2)20-15-22(26(7,8)9)24(28)13-17(20)3/h5-52H2,1-4H3;12-15,18,27-28H,10-11H2,1-9H3. The van der Waals surface area contributed by atoms with E-state index in [4.69, 9.17) is 22.4 Å². The monoisotopic (exact) mass is 1260 g/mol. The van der Waals surface area contributed by atoms with E-state index >= 15 is 0 Å². The second-order valence-electron chi connectivity index (χ2n) is 28.3. The maximum atomic E-state index is 10.5. The number of aromatic hydroxyl groups is 2. The van der Waals surface area contributed by atoms with Gasteiger partial charge in [-0.15, -0.1) is 0 Å². The first-order chi connectivity index (χ1) is 42.0. The third-order valence-electron chi connectivity index (χ3n) is 17.6. The van der Waals surface area contributed by atoms with Crippen LogP contribution >= 0.6 is 17.2 Å². The zero-order valence-corrected chi connectivity index (χ0v) is 61.9. The molecule has 2 aromatic rings. The van der Waals surface area contributed by atoms with Gasteiger partial charge in [-0.05, 0) is 102 Å². The SMILES string of the molecule is CCCC(c1cc(C(C)(C)C)c(O)cc1C)c1cc(C(C)(C)C)c(O)cc1C.CCCCCCCCCCCCCOP(OCCCCCCCCCCCCC)OP(OCCCCCCCCCCCCC)OCCCCCCCCCCCCC. The fraction of sp³-hybridized carbons (Fsp3) is 0.846. The van der Waals surface area contributed by atoms with Crippen molar-refractivity contribution in [2.24, 2.45) is 0 Å². The van der Waals surface area contributed by atoms with Crippen LogP contribution in [0.25, 0.3) is 0 Å². The molecule has 0 bridgehead atoms. The van der Waals surface area contributed by atoms with Crippen molar-refractivity contribution in [3.05, 3.63) is 57.6 Å². The fourth-order valence-corrected chi connectivity index (χ4v) is 14.4. The number of phenolic OH excluding ortho intramolecular Hbond substituents is 2. The summed E-state index contributed by atoms with van der Waals surface area (Å²) in [5.74, 6) is 0.997. The van der Waals surface area contributed by atoms with Gasteiger partial charge in [0.05, 0.1) is 26.4 Å². The van der Waals surface area contributed by atoms with Gasteiger partial charge in [0.25, 0.3) is 0 Å². The van der Waals surface area contributed by atoms with Crippen molar-refractivity contribution in [2.75, 3.05) is 26.4 Å². The molecule has 0 aliphatic heterocycles. The summed E-state index contributed by atoms with van der Waals surface area (Å²) in [7, 11) is -2.96. The minimum atomic E-state index is -1.48. The Morgan fingerprint density at radius 2 is 0.517 bits per heavy atom. The second kappa shape index (κ2) is 56.3. The lowest BCUT2D eigenvalue weighted by molar-refractivity contribution is 0.160. The molecule has 87 heavy (non-hydrogen) atoms. The highest BCUT2D eigenvalue weighted by atomic mass is 31.2. The molecule has 0 heterocycles. The molecule has 0 fully saturated rings. The average Bonchev–Trinajstić information content (AvgIpc) is 1.98. The van der Waals surface area contributed by atoms with Crippen LogP contribution in [0.2, 0.25) is 0 Å². The van der Waals surface area contributed by atoms with E-state index in [1.54, 1.807) is 0 Å². The molecule has 0 amide bonds. The molecule has 2 rings (SSSR count). The number of phenols is 2. The number of unbranched alkanes of at least 4 members (excludes halogenated alkanes) is 40. The Morgan fingerprint density at radius 3 is 0.713 bits per heavy atom. The minimum absolute atomic E-state index is 0.121. The Kier molecular flexibility index (Phi) is 54.1. The van der Waals surface area contributed by atoms with Crippen LogP contribution in [0.3, 0.4) is 0 Å². The molecule has 0 saturated carbocycles. The smallest absolute Gasteiger partial charge is 0.339 e. The molecular formula is C78H146O7P2. The van der Waals surface area contributed by atoms with Gasteiger partial charge in [-0.25, -0.2) is 4.31 Å². The molecule has 9 heteroatoms. The highest BCUT2D eigenvalue weighted by Gasteiger charge is 2.28. The number of rotatable bonds is 58. The van der Waals surface area contributed by atoms with E-state index < -0.39 is 17.2 Å². The van der Waals surface area contributed by atoms with Gasteiger partial charge in [-0.3, -0.25) is 0 Å². The van der Waals surface area contributed by atoms with Gasteiger partial charge in [0.15, 0.2) is 0 Å². The lowest BCUT2D eigenvalue weighted by Crippen LogP contribution is -2.16. The molecule has 2 N–H and O–H groups in total. The lowest BCUT2D eigenvalue weighted by atomic mass is 9.76. The van der Waals surface area contributed by atoms with Gasteiger partial charge in [0.2, 0.25) is 0 Å². The third kappa shape index (κ3) is 44.8. The molecule has 0 spiro atoms. The molecule has 0 radical (unpaired) electrons. The molecule has 510 valence electrons. The van der Waals surface area contributed by atoms with Crippen molar-refractivity contribution in [3.63, 3.8) is 0 Å². The third-order valence-corrected chi connectivity index (χ3v) is 20.3. The summed E-state index contributed by atoms with van der Waals surface area (Å²) in [5.41, 5.74) is 6.52. The van der Waals surface area contributed by atoms with Crippen molar-refractivity contribution in [2.45, 2.75) is 402 Å². The zero-order valence-electron chi connectivity index (χ0n) is 60.1. The average molecular weight is 1260 g/mol. The number of hydrogen-bond donors (Lipinski definition) is 2. The predicted molar refractivity (Wildman–Crippen MR) is 384 cm³/mol. The zero-order chi connectivity index (χ0) is 64.1.